The summed E-state index contributed by atoms with van der Waals surface area (Å²) in [6, 6.07) is 8.44. The first-order valence-corrected chi connectivity index (χ1v) is 11.1. The van der Waals surface area contributed by atoms with Crippen LogP contribution >= 0.6 is 11.3 Å². The highest BCUT2D eigenvalue weighted by molar-refractivity contribution is 7.10. The van der Waals surface area contributed by atoms with Crippen LogP contribution < -0.4 is 20.1 Å². The molecule has 1 atom stereocenters. The van der Waals surface area contributed by atoms with Crippen molar-refractivity contribution in [1.82, 2.24) is 15.5 Å². The standard InChI is InChI=1S/C22H32N4O3S/c1-16-7-12-30-21(16)15-25-22(23-2)24-14-18(26-8-10-29-11-9-26)17-5-6-19(27-3)20(13-17)28-4/h5-7,12-13,18H,8-11,14-15H2,1-4H3,(H2,23,24,25). The first kappa shape index (κ1) is 22.4. The average molecular weight is 433 g/mol. The number of guanidine groups is 1. The Morgan fingerprint density at radius 2 is 1.93 bits per heavy atom. The number of benzene rings is 1. The third kappa shape index (κ3) is 5.65. The van der Waals surface area contributed by atoms with E-state index in [1.54, 1.807) is 32.6 Å². The second-order valence-corrected chi connectivity index (χ2v) is 8.11. The Balaban J connectivity index is 1.71. The van der Waals surface area contributed by atoms with E-state index in [1.807, 2.05) is 6.07 Å². The highest BCUT2D eigenvalue weighted by atomic mass is 32.1. The van der Waals surface area contributed by atoms with E-state index in [1.165, 1.54) is 16.0 Å². The third-order valence-electron chi connectivity index (χ3n) is 5.35. The molecule has 0 spiro atoms. The molecule has 1 aromatic carbocycles. The van der Waals surface area contributed by atoms with Crippen LogP contribution in [0.4, 0.5) is 0 Å². The fourth-order valence-electron chi connectivity index (χ4n) is 3.57. The van der Waals surface area contributed by atoms with Crippen molar-refractivity contribution in [3.05, 3.63) is 45.6 Å². The molecule has 0 aliphatic carbocycles. The summed E-state index contributed by atoms with van der Waals surface area (Å²) >= 11 is 1.76. The zero-order valence-corrected chi connectivity index (χ0v) is 19.1. The number of nitrogens with zero attached hydrogens (tertiary/aromatic N) is 2. The Bertz CT molecular complexity index is 834. The largest absolute Gasteiger partial charge is 0.493 e. The van der Waals surface area contributed by atoms with Gasteiger partial charge >= 0.3 is 0 Å². The fraction of sp³-hybridized carbons (Fsp3) is 0.500. The van der Waals surface area contributed by atoms with Crippen LogP contribution in [0, 0.1) is 6.92 Å². The summed E-state index contributed by atoms with van der Waals surface area (Å²) in [5.41, 5.74) is 2.48. The number of ether oxygens (including phenoxy) is 3. The summed E-state index contributed by atoms with van der Waals surface area (Å²) in [4.78, 5) is 8.16. The highest BCUT2D eigenvalue weighted by Gasteiger charge is 2.24. The number of methoxy groups -OCH3 is 2. The first-order chi connectivity index (χ1) is 14.7. The molecule has 1 aliphatic rings. The third-order valence-corrected chi connectivity index (χ3v) is 6.37. The van der Waals surface area contributed by atoms with Crippen molar-refractivity contribution < 1.29 is 14.2 Å². The van der Waals surface area contributed by atoms with Crippen LogP contribution in [0.1, 0.15) is 22.0 Å². The highest BCUT2D eigenvalue weighted by Crippen LogP contribution is 2.32. The maximum Gasteiger partial charge on any atom is 0.191 e. The second-order valence-electron chi connectivity index (χ2n) is 7.11. The molecule has 1 saturated heterocycles. The van der Waals surface area contributed by atoms with Crippen LogP contribution in [-0.2, 0) is 11.3 Å². The van der Waals surface area contributed by atoms with Crippen LogP contribution in [-0.4, -0.2) is 65.0 Å². The number of aliphatic imine (C=N–C) groups is 1. The lowest BCUT2D eigenvalue weighted by Crippen LogP contribution is -2.46. The Morgan fingerprint density at radius 3 is 2.57 bits per heavy atom. The van der Waals surface area contributed by atoms with Gasteiger partial charge in [-0.3, -0.25) is 9.89 Å². The van der Waals surface area contributed by atoms with E-state index in [0.29, 0.717) is 0 Å². The molecular formula is C22H32N4O3S. The van der Waals surface area contributed by atoms with E-state index < -0.39 is 0 Å². The first-order valence-electron chi connectivity index (χ1n) is 10.2. The molecule has 0 bridgehead atoms. The minimum atomic E-state index is 0.163. The molecule has 164 valence electrons. The molecule has 1 aliphatic heterocycles. The normalized spacial score (nSPS) is 16.2. The van der Waals surface area contributed by atoms with Crippen LogP contribution in [0.15, 0.2) is 34.6 Å². The van der Waals surface area contributed by atoms with Crippen molar-refractivity contribution in [2.75, 3.05) is 54.1 Å². The number of morpholine rings is 1. The van der Waals surface area contributed by atoms with Gasteiger partial charge in [0.2, 0.25) is 0 Å². The van der Waals surface area contributed by atoms with Gasteiger partial charge in [-0.15, -0.1) is 11.3 Å². The fourth-order valence-corrected chi connectivity index (χ4v) is 4.42. The number of hydrogen-bond acceptors (Lipinski definition) is 6. The smallest absolute Gasteiger partial charge is 0.191 e. The maximum atomic E-state index is 5.56. The molecule has 0 radical (unpaired) electrons. The van der Waals surface area contributed by atoms with Gasteiger partial charge in [0.05, 0.1) is 40.0 Å². The van der Waals surface area contributed by atoms with Gasteiger partial charge in [-0.05, 0) is 41.6 Å². The van der Waals surface area contributed by atoms with E-state index in [2.05, 4.69) is 51.0 Å². The zero-order valence-electron chi connectivity index (χ0n) is 18.2. The van der Waals surface area contributed by atoms with Crippen molar-refractivity contribution in [2.24, 2.45) is 4.99 Å². The molecule has 1 fully saturated rings. The number of nitrogens with one attached hydrogen (secondary N) is 2. The Hall–Kier alpha value is -2.29. The number of aryl methyl sites for hydroxylation is 1. The monoisotopic (exact) mass is 432 g/mol. The molecule has 8 heteroatoms. The predicted molar refractivity (Wildman–Crippen MR) is 122 cm³/mol. The lowest BCUT2D eigenvalue weighted by molar-refractivity contribution is 0.0169. The van der Waals surface area contributed by atoms with Crippen LogP contribution in [0.3, 0.4) is 0 Å². The van der Waals surface area contributed by atoms with Crippen molar-refractivity contribution in [3.63, 3.8) is 0 Å². The Labute approximate surface area is 183 Å². The van der Waals surface area contributed by atoms with Gasteiger partial charge < -0.3 is 24.8 Å². The Morgan fingerprint density at radius 1 is 1.17 bits per heavy atom. The van der Waals surface area contributed by atoms with Crippen LogP contribution in [0.2, 0.25) is 0 Å². The maximum absolute atomic E-state index is 5.56. The van der Waals surface area contributed by atoms with Crippen molar-refractivity contribution in [3.8, 4) is 11.5 Å². The lowest BCUT2D eigenvalue weighted by Gasteiger charge is -2.35. The average Bonchev–Trinajstić information content (AvgIpc) is 3.21. The van der Waals surface area contributed by atoms with Crippen molar-refractivity contribution >= 4 is 17.3 Å². The molecule has 1 aromatic heterocycles. The zero-order chi connectivity index (χ0) is 21.3. The minimum Gasteiger partial charge on any atom is -0.493 e. The van der Waals surface area contributed by atoms with Gasteiger partial charge in [0.25, 0.3) is 0 Å². The molecule has 2 N–H and O–H groups in total. The minimum absolute atomic E-state index is 0.163. The van der Waals surface area contributed by atoms with Crippen LogP contribution in [0.25, 0.3) is 0 Å². The van der Waals surface area contributed by atoms with Gasteiger partial charge in [-0.1, -0.05) is 6.07 Å². The Kier molecular flexibility index (Phi) is 8.36. The predicted octanol–water partition coefficient (Wildman–Crippen LogP) is 2.81. The number of thiophene rings is 1. The molecule has 2 heterocycles. The van der Waals surface area contributed by atoms with E-state index in [-0.39, 0.29) is 6.04 Å². The van der Waals surface area contributed by atoms with Gasteiger partial charge in [-0.2, -0.15) is 0 Å². The van der Waals surface area contributed by atoms with Crippen LogP contribution in [0.5, 0.6) is 11.5 Å². The SMILES string of the molecule is CN=C(NCc1sccc1C)NCC(c1ccc(OC)c(OC)c1)N1CCOCC1. The molecule has 0 saturated carbocycles. The van der Waals surface area contributed by atoms with Gasteiger partial charge in [0.15, 0.2) is 17.5 Å². The van der Waals surface area contributed by atoms with E-state index in [4.69, 9.17) is 14.2 Å². The van der Waals surface area contributed by atoms with E-state index >= 15 is 0 Å². The van der Waals surface area contributed by atoms with Crippen molar-refractivity contribution in [2.45, 2.75) is 19.5 Å². The van der Waals surface area contributed by atoms with E-state index in [0.717, 1.165) is 56.9 Å². The summed E-state index contributed by atoms with van der Waals surface area (Å²) in [5.74, 6) is 2.27. The van der Waals surface area contributed by atoms with Crippen molar-refractivity contribution in [1.29, 1.82) is 0 Å². The molecule has 7 nitrogen and oxygen atoms in total. The van der Waals surface area contributed by atoms with E-state index in [9.17, 15) is 0 Å². The van der Waals surface area contributed by atoms with Gasteiger partial charge in [-0.25, -0.2) is 0 Å². The second kappa shape index (κ2) is 11.2. The summed E-state index contributed by atoms with van der Waals surface area (Å²) < 4.78 is 16.5. The summed E-state index contributed by atoms with van der Waals surface area (Å²) in [7, 11) is 5.13. The molecule has 0 amide bonds. The number of hydrogen-bond donors (Lipinski definition) is 2. The summed E-state index contributed by atoms with van der Waals surface area (Å²) in [5, 5.41) is 9.05. The molecule has 2 aromatic rings. The topological polar surface area (TPSA) is 67.4 Å². The van der Waals surface area contributed by atoms with Gasteiger partial charge in [0.1, 0.15) is 0 Å². The lowest BCUT2D eigenvalue weighted by atomic mass is 10.0. The summed E-state index contributed by atoms with van der Waals surface area (Å²) in [6.45, 7) is 6.89. The molecular weight excluding hydrogens is 400 g/mol. The summed E-state index contributed by atoms with van der Waals surface area (Å²) in [6.07, 6.45) is 0. The molecule has 1 unspecified atom stereocenters. The molecule has 30 heavy (non-hydrogen) atoms. The number of rotatable bonds is 8. The quantitative estimate of drug-likeness (QED) is 0.494. The van der Waals surface area contributed by atoms with Gasteiger partial charge in [0, 0.05) is 31.6 Å². The molecule has 3 rings (SSSR count).